The number of rotatable bonds is 5. The van der Waals surface area contributed by atoms with Gasteiger partial charge in [-0.05, 0) is 26.1 Å². The summed E-state index contributed by atoms with van der Waals surface area (Å²) in [6.45, 7) is 2.06. The Labute approximate surface area is 113 Å². The van der Waals surface area contributed by atoms with Gasteiger partial charge in [-0.1, -0.05) is 18.2 Å². The first-order valence-electron chi connectivity index (χ1n) is 6.04. The molecule has 0 bridgehead atoms. The highest BCUT2D eigenvalue weighted by molar-refractivity contribution is 7.93. The third kappa shape index (κ3) is 3.02. The molecule has 2 rings (SSSR count). The number of benzene rings is 1. The molecule has 0 fully saturated rings. The summed E-state index contributed by atoms with van der Waals surface area (Å²) in [4.78, 5) is 4.23. The van der Waals surface area contributed by atoms with Crippen LogP contribution < -0.4 is 10.0 Å². The van der Waals surface area contributed by atoms with Crippen LogP contribution in [-0.4, -0.2) is 32.2 Å². The largest absolute Gasteiger partial charge is 0.318 e. The number of nitrogens with one attached hydrogen (secondary N) is 2. The number of fused-ring (bicyclic) bond motifs is 1. The highest BCUT2D eigenvalue weighted by atomic mass is 32.2. The lowest BCUT2D eigenvalue weighted by Gasteiger charge is -2.15. The van der Waals surface area contributed by atoms with Crippen molar-refractivity contribution in [2.75, 3.05) is 18.3 Å². The number of para-hydroxylation sites is 1. The van der Waals surface area contributed by atoms with Crippen LogP contribution in [0.25, 0.3) is 10.9 Å². The van der Waals surface area contributed by atoms with Crippen molar-refractivity contribution in [2.45, 2.75) is 12.2 Å². The van der Waals surface area contributed by atoms with Crippen molar-refractivity contribution in [2.24, 2.45) is 0 Å². The van der Waals surface area contributed by atoms with E-state index in [4.69, 9.17) is 0 Å². The highest BCUT2D eigenvalue weighted by Crippen LogP contribution is 2.22. The van der Waals surface area contributed by atoms with Gasteiger partial charge in [-0.15, -0.1) is 0 Å². The molecule has 0 saturated heterocycles. The van der Waals surface area contributed by atoms with Crippen molar-refractivity contribution < 1.29 is 8.42 Å². The summed E-state index contributed by atoms with van der Waals surface area (Å²) in [5, 5.41) is 3.25. The van der Waals surface area contributed by atoms with Gasteiger partial charge in [0.05, 0.1) is 16.5 Å². The summed E-state index contributed by atoms with van der Waals surface area (Å²) in [7, 11) is -1.69. The number of nitrogens with zero attached hydrogens (tertiary/aromatic N) is 1. The molecule has 102 valence electrons. The molecule has 0 amide bonds. The van der Waals surface area contributed by atoms with Crippen LogP contribution in [0.5, 0.6) is 0 Å². The molecule has 2 N–H and O–H groups in total. The second-order valence-corrected chi connectivity index (χ2v) is 6.49. The number of pyridine rings is 1. The van der Waals surface area contributed by atoms with Gasteiger partial charge in [-0.2, -0.15) is 0 Å². The maximum absolute atomic E-state index is 12.2. The van der Waals surface area contributed by atoms with Gasteiger partial charge in [0.25, 0.3) is 0 Å². The van der Waals surface area contributed by atoms with Gasteiger partial charge in [0.15, 0.2) is 0 Å². The van der Waals surface area contributed by atoms with E-state index >= 15 is 0 Å². The topological polar surface area (TPSA) is 71.1 Å². The first-order valence-corrected chi connectivity index (χ1v) is 7.59. The second kappa shape index (κ2) is 5.54. The lowest BCUT2D eigenvalue weighted by molar-refractivity contribution is 0.584. The third-order valence-electron chi connectivity index (χ3n) is 2.91. The Kier molecular flexibility index (Phi) is 4.01. The molecule has 0 saturated carbocycles. The molecule has 2 aromatic rings. The van der Waals surface area contributed by atoms with Crippen LogP contribution in [-0.2, 0) is 10.0 Å². The van der Waals surface area contributed by atoms with Gasteiger partial charge in [-0.25, -0.2) is 8.42 Å². The van der Waals surface area contributed by atoms with Crippen LogP contribution in [0.4, 0.5) is 5.69 Å². The van der Waals surface area contributed by atoms with Crippen LogP contribution >= 0.6 is 0 Å². The summed E-state index contributed by atoms with van der Waals surface area (Å²) in [5.41, 5.74) is 1.17. The van der Waals surface area contributed by atoms with E-state index in [0.29, 0.717) is 17.7 Å². The molecule has 1 atom stereocenters. The number of hydrogen-bond donors (Lipinski definition) is 2. The van der Waals surface area contributed by atoms with E-state index in [2.05, 4.69) is 15.0 Å². The number of hydrogen-bond acceptors (Lipinski definition) is 4. The van der Waals surface area contributed by atoms with E-state index in [0.717, 1.165) is 5.39 Å². The molecule has 19 heavy (non-hydrogen) atoms. The summed E-state index contributed by atoms with van der Waals surface area (Å²) in [6.07, 6.45) is 1.65. The fraction of sp³-hybridized carbons (Fsp3) is 0.308. The van der Waals surface area contributed by atoms with E-state index in [1.54, 1.807) is 26.2 Å². The minimum atomic E-state index is -3.42. The minimum Gasteiger partial charge on any atom is -0.318 e. The van der Waals surface area contributed by atoms with Crippen LogP contribution in [0, 0.1) is 0 Å². The molecule has 0 aliphatic rings. The predicted octanol–water partition coefficient (Wildman–Crippen LogP) is 1.58. The Balaban J connectivity index is 2.36. The van der Waals surface area contributed by atoms with Gasteiger partial charge >= 0.3 is 0 Å². The van der Waals surface area contributed by atoms with Gasteiger partial charge in [0.2, 0.25) is 10.0 Å². The average molecular weight is 279 g/mol. The molecule has 1 heterocycles. The summed E-state index contributed by atoms with van der Waals surface area (Å²) in [5.74, 6) is 0. The zero-order chi connectivity index (χ0) is 13.9. The van der Waals surface area contributed by atoms with Crippen molar-refractivity contribution >= 4 is 26.6 Å². The molecule has 1 unspecified atom stereocenters. The van der Waals surface area contributed by atoms with Crippen LogP contribution in [0.2, 0.25) is 0 Å². The van der Waals surface area contributed by atoms with Gasteiger partial charge in [-0.3, -0.25) is 9.71 Å². The molecule has 6 heteroatoms. The SMILES string of the molecule is CNCC(C)S(=O)(=O)Nc1cccc2cccnc12. The summed E-state index contributed by atoms with van der Waals surface area (Å²) >= 11 is 0. The zero-order valence-electron chi connectivity index (χ0n) is 10.9. The first kappa shape index (κ1) is 13.8. The van der Waals surface area contributed by atoms with E-state index in [9.17, 15) is 8.42 Å². The lowest BCUT2D eigenvalue weighted by Crippen LogP contribution is -2.33. The Morgan fingerprint density at radius 1 is 1.26 bits per heavy atom. The second-order valence-electron chi connectivity index (χ2n) is 4.40. The summed E-state index contributed by atoms with van der Waals surface area (Å²) in [6, 6.07) is 9.15. The Morgan fingerprint density at radius 2 is 2.00 bits per heavy atom. The molecule has 1 aromatic heterocycles. The van der Waals surface area contributed by atoms with Crippen molar-refractivity contribution in [3.8, 4) is 0 Å². The monoisotopic (exact) mass is 279 g/mol. The third-order valence-corrected chi connectivity index (χ3v) is 4.64. The smallest absolute Gasteiger partial charge is 0.236 e. The summed E-state index contributed by atoms with van der Waals surface area (Å²) < 4.78 is 26.9. The molecule has 0 radical (unpaired) electrons. The number of anilines is 1. The Bertz CT molecular complexity index is 665. The van der Waals surface area contributed by atoms with Crippen molar-refractivity contribution in [1.82, 2.24) is 10.3 Å². The van der Waals surface area contributed by atoms with Crippen molar-refractivity contribution in [3.05, 3.63) is 36.5 Å². The quantitative estimate of drug-likeness (QED) is 0.872. The maximum Gasteiger partial charge on any atom is 0.236 e. The molecule has 0 spiro atoms. The maximum atomic E-state index is 12.2. The molecular weight excluding hydrogens is 262 g/mol. The van der Waals surface area contributed by atoms with Gasteiger partial charge in [0.1, 0.15) is 0 Å². The van der Waals surface area contributed by atoms with Crippen LogP contribution in [0.1, 0.15) is 6.92 Å². The lowest BCUT2D eigenvalue weighted by atomic mass is 10.2. The molecule has 1 aromatic carbocycles. The first-order chi connectivity index (χ1) is 9.04. The predicted molar refractivity (Wildman–Crippen MR) is 77.7 cm³/mol. The van der Waals surface area contributed by atoms with Crippen LogP contribution in [0.15, 0.2) is 36.5 Å². The normalized spacial score (nSPS) is 13.4. The van der Waals surface area contributed by atoms with E-state index in [1.807, 2.05) is 24.3 Å². The average Bonchev–Trinajstić information content (AvgIpc) is 2.39. The molecular formula is C13H17N3O2S. The number of aromatic nitrogens is 1. The standard InChI is InChI=1S/C13H17N3O2S/c1-10(9-14-2)19(17,18)16-12-7-3-5-11-6-4-8-15-13(11)12/h3-8,10,14,16H,9H2,1-2H3. The van der Waals surface area contributed by atoms with Crippen LogP contribution in [0.3, 0.4) is 0 Å². The number of sulfonamides is 1. The Morgan fingerprint density at radius 3 is 2.74 bits per heavy atom. The fourth-order valence-electron chi connectivity index (χ4n) is 1.84. The molecule has 5 nitrogen and oxygen atoms in total. The van der Waals surface area contributed by atoms with E-state index in [-0.39, 0.29) is 0 Å². The zero-order valence-corrected chi connectivity index (χ0v) is 11.7. The van der Waals surface area contributed by atoms with Gasteiger partial charge in [0, 0.05) is 18.1 Å². The van der Waals surface area contributed by atoms with E-state index in [1.165, 1.54) is 0 Å². The van der Waals surface area contributed by atoms with Crippen molar-refractivity contribution in [3.63, 3.8) is 0 Å². The Hall–Kier alpha value is -1.66. The van der Waals surface area contributed by atoms with E-state index < -0.39 is 15.3 Å². The van der Waals surface area contributed by atoms with Crippen molar-refractivity contribution in [1.29, 1.82) is 0 Å². The molecule has 0 aliphatic carbocycles. The molecule has 0 aliphatic heterocycles. The minimum absolute atomic E-state index is 0.396. The highest BCUT2D eigenvalue weighted by Gasteiger charge is 2.20. The van der Waals surface area contributed by atoms with Gasteiger partial charge < -0.3 is 5.32 Å². The fourth-order valence-corrected chi connectivity index (χ4v) is 2.90.